The Balaban J connectivity index is 1.70. The number of likely N-dealkylation sites (tertiary alicyclic amines) is 1. The lowest BCUT2D eigenvalue weighted by Crippen LogP contribution is -2.43. The monoisotopic (exact) mass is 369 g/mol. The van der Waals surface area contributed by atoms with E-state index in [1.54, 1.807) is 36.4 Å². The zero-order valence-corrected chi connectivity index (χ0v) is 15.5. The first-order chi connectivity index (χ1) is 13.1. The van der Waals surface area contributed by atoms with Crippen LogP contribution in [0.25, 0.3) is 0 Å². The van der Waals surface area contributed by atoms with Crippen molar-refractivity contribution >= 4 is 11.8 Å². The van der Waals surface area contributed by atoms with Crippen LogP contribution in [-0.2, 0) is 6.54 Å². The second-order valence-corrected chi connectivity index (χ2v) is 6.74. The van der Waals surface area contributed by atoms with Gasteiger partial charge in [0.05, 0.1) is 0 Å². The average Bonchev–Trinajstić information content (AvgIpc) is 2.72. The van der Waals surface area contributed by atoms with E-state index in [4.69, 9.17) is 0 Å². The number of piperidine rings is 1. The molecule has 1 saturated heterocycles. The fourth-order valence-corrected chi connectivity index (χ4v) is 3.43. The van der Waals surface area contributed by atoms with Gasteiger partial charge >= 0.3 is 0 Å². The highest BCUT2D eigenvalue weighted by Crippen LogP contribution is 2.21. The van der Waals surface area contributed by atoms with E-state index in [0.717, 1.165) is 32.2 Å². The summed E-state index contributed by atoms with van der Waals surface area (Å²) in [5.41, 5.74) is 0.827. The highest BCUT2D eigenvalue weighted by Gasteiger charge is 2.27. The normalized spacial score (nSPS) is 16.8. The first kappa shape index (κ1) is 19.0. The van der Waals surface area contributed by atoms with Crippen LogP contribution in [0, 0.1) is 5.82 Å². The molecule has 0 saturated carbocycles. The molecule has 1 aromatic carbocycles. The van der Waals surface area contributed by atoms with Crippen molar-refractivity contribution < 1.29 is 14.0 Å². The molecule has 2 aromatic rings. The largest absolute Gasteiger partial charge is 0.347 e. The number of nitrogens with zero attached hydrogens (tertiary/aromatic N) is 2. The number of hydrogen-bond donors (Lipinski definition) is 1. The Morgan fingerprint density at radius 2 is 1.93 bits per heavy atom. The van der Waals surface area contributed by atoms with Gasteiger partial charge in [0.25, 0.3) is 11.8 Å². The van der Waals surface area contributed by atoms with Gasteiger partial charge in [0.15, 0.2) is 0 Å². The molecule has 1 aromatic heterocycles. The Bertz CT molecular complexity index is 825. The van der Waals surface area contributed by atoms with Gasteiger partial charge in [0.2, 0.25) is 0 Å². The molecule has 1 fully saturated rings. The standard InChI is InChI=1S/C21H24FN3O2/c1-2-16-9-5-6-13-25(16)21(27)19-12-7-11-18(24-19)20(26)23-14-15-8-3-4-10-17(15)22/h3-4,7-8,10-12,16H,2,5-6,9,13-14H2,1H3,(H,23,26). The Morgan fingerprint density at radius 1 is 1.15 bits per heavy atom. The summed E-state index contributed by atoms with van der Waals surface area (Å²) in [6.45, 7) is 2.87. The van der Waals surface area contributed by atoms with Crippen LogP contribution in [0.5, 0.6) is 0 Å². The van der Waals surface area contributed by atoms with Crippen LogP contribution in [0.15, 0.2) is 42.5 Å². The molecule has 0 aliphatic carbocycles. The summed E-state index contributed by atoms with van der Waals surface area (Å²) in [6.07, 6.45) is 4.04. The Labute approximate surface area is 158 Å². The van der Waals surface area contributed by atoms with Crippen molar-refractivity contribution in [2.45, 2.75) is 45.2 Å². The van der Waals surface area contributed by atoms with Crippen LogP contribution in [-0.4, -0.2) is 34.3 Å². The number of rotatable bonds is 5. The minimum Gasteiger partial charge on any atom is -0.347 e. The molecule has 2 heterocycles. The van der Waals surface area contributed by atoms with E-state index in [0.29, 0.717) is 5.56 Å². The molecule has 1 aliphatic rings. The van der Waals surface area contributed by atoms with Gasteiger partial charge in [-0.1, -0.05) is 31.2 Å². The van der Waals surface area contributed by atoms with E-state index in [9.17, 15) is 14.0 Å². The fourth-order valence-electron chi connectivity index (χ4n) is 3.43. The van der Waals surface area contributed by atoms with Gasteiger partial charge in [-0.2, -0.15) is 0 Å². The molecule has 27 heavy (non-hydrogen) atoms. The van der Waals surface area contributed by atoms with Crippen molar-refractivity contribution in [3.05, 3.63) is 65.2 Å². The minimum atomic E-state index is -0.432. The Morgan fingerprint density at radius 3 is 2.70 bits per heavy atom. The van der Waals surface area contributed by atoms with Crippen LogP contribution in [0.1, 0.15) is 59.1 Å². The fraction of sp³-hybridized carbons (Fsp3) is 0.381. The van der Waals surface area contributed by atoms with Crippen molar-refractivity contribution in [1.29, 1.82) is 0 Å². The lowest BCUT2D eigenvalue weighted by Gasteiger charge is -2.35. The molecule has 6 heteroatoms. The van der Waals surface area contributed by atoms with Gasteiger partial charge in [-0.15, -0.1) is 0 Å². The Kier molecular flexibility index (Phi) is 6.16. The minimum absolute atomic E-state index is 0.0649. The summed E-state index contributed by atoms with van der Waals surface area (Å²) in [4.78, 5) is 31.4. The van der Waals surface area contributed by atoms with Crippen molar-refractivity contribution in [3.63, 3.8) is 0 Å². The third kappa shape index (κ3) is 4.51. The van der Waals surface area contributed by atoms with Crippen LogP contribution in [0.2, 0.25) is 0 Å². The number of aromatic nitrogens is 1. The van der Waals surface area contributed by atoms with Crippen molar-refractivity contribution in [2.24, 2.45) is 0 Å². The lowest BCUT2D eigenvalue weighted by molar-refractivity contribution is 0.0602. The summed E-state index contributed by atoms with van der Waals surface area (Å²) in [5.74, 6) is -0.936. The van der Waals surface area contributed by atoms with Crippen LogP contribution in [0.4, 0.5) is 4.39 Å². The van der Waals surface area contributed by atoms with Gasteiger partial charge in [-0.3, -0.25) is 9.59 Å². The van der Waals surface area contributed by atoms with Gasteiger partial charge in [-0.25, -0.2) is 9.37 Å². The SMILES string of the molecule is CCC1CCCCN1C(=O)c1cccc(C(=O)NCc2ccccc2F)n1. The van der Waals surface area contributed by atoms with Crippen molar-refractivity contribution in [2.75, 3.05) is 6.54 Å². The topological polar surface area (TPSA) is 62.3 Å². The van der Waals surface area contributed by atoms with Gasteiger partial charge in [0, 0.05) is 24.7 Å². The molecular weight excluding hydrogens is 345 g/mol. The number of nitrogens with one attached hydrogen (secondary N) is 1. The molecule has 0 radical (unpaired) electrons. The van der Waals surface area contributed by atoms with E-state index < -0.39 is 5.91 Å². The highest BCUT2D eigenvalue weighted by molar-refractivity contribution is 5.96. The molecule has 1 atom stereocenters. The number of amides is 2. The molecular formula is C21H24FN3O2. The quantitative estimate of drug-likeness (QED) is 0.877. The van der Waals surface area contributed by atoms with Crippen molar-refractivity contribution in [3.8, 4) is 0 Å². The molecule has 0 spiro atoms. The summed E-state index contributed by atoms with van der Waals surface area (Å²) < 4.78 is 13.7. The lowest BCUT2D eigenvalue weighted by atomic mass is 9.99. The van der Waals surface area contributed by atoms with Crippen LogP contribution < -0.4 is 5.32 Å². The number of benzene rings is 1. The molecule has 0 bridgehead atoms. The predicted octanol–water partition coefficient (Wildman–Crippen LogP) is 3.56. The maximum absolute atomic E-state index is 13.7. The van der Waals surface area contributed by atoms with E-state index >= 15 is 0 Å². The highest BCUT2D eigenvalue weighted by atomic mass is 19.1. The number of carbonyl (C=O) groups excluding carboxylic acids is 2. The van der Waals surface area contributed by atoms with Crippen molar-refractivity contribution in [1.82, 2.24) is 15.2 Å². The smallest absolute Gasteiger partial charge is 0.272 e. The zero-order valence-electron chi connectivity index (χ0n) is 15.5. The van der Waals surface area contributed by atoms with Gasteiger partial charge in [-0.05, 0) is 43.9 Å². The molecule has 1 unspecified atom stereocenters. The average molecular weight is 369 g/mol. The molecule has 142 valence electrons. The summed E-state index contributed by atoms with van der Waals surface area (Å²) >= 11 is 0. The van der Waals surface area contributed by atoms with Gasteiger partial charge in [0.1, 0.15) is 17.2 Å². The first-order valence-corrected chi connectivity index (χ1v) is 9.39. The van der Waals surface area contributed by atoms with Crippen LogP contribution in [0.3, 0.4) is 0 Å². The number of carbonyl (C=O) groups is 2. The first-order valence-electron chi connectivity index (χ1n) is 9.39. The molecule has 2 amide bonds. The van der Waals surface area contributed by atoms with E-state index in [1.807, 2.05) is 4.90 Å². The summed E-state index contributed by atoms with van der Waals surface area (Å²) in [7, 11) is 0. The maximum Gasteiger partial charge on any atom is 0.272 e. The zero-order chi connectivity index (χ0) is 19.2. The van der Waals surface area contributed by atoms with E-state index in [1.165, 1.54) is 6.07 Å². The van der Waals surface area contributed by atoms with E-state index in [-0.39, 0.29) is 35.7 Å². The molecule has 5 nitrogen and oxygen atoms in total. The molecule has 1 N–H and O–H groups in total. The number of pyridine rings is 1. The van der Waals surface area contributed by atoms with Gasteiger partial charge < -0.3 is 10.2 Å². The molecule has 3 rings (SSSR count). The number of halogens is 1. The third-order valence-corrected chi connectivity index (χ3v) is 4.96. The molecule has 1 aliphatic heterocycles. The summed E-state index contributed by atoms with van der Waals surface area (Å²) in [6, 6.07) is 11.4. The number of hydrogen-bond acceptors (Lipinski definition) is 3. The second-order valence-electron chi connectivity index (χ2n) is 6.74. The Hall–Kier alpha value is -2.76. The van der Waals surface area contributed by atoms with Crippen LogP contribution >= 0.6 is 0 Å². The third-order valence-electron chi connectivity index (χ3n) is 4.96. The second kappa shape index (κ2) is 8.75. The predicted molar refractivity (Wildman–Crippen MR) is 101 cm³/mol. The van der Waals surface area contributed by atoms with E-state index in [2.05, 4.69) is 17.2 Å². The maximum atomic E-state index is 13.7. The summed E-state index contributed by atoms with van der Waals surface area (Å²) in [5, 5.41) is 2.66.